The van der Waals surface area contributed by atoms with E-state index in [4.69, 9.17) is 10.5 Å². The average molecular weight is 249 g/mol. The van der Waals surface area contributed by atoms with E-state index >= 15 is 0 Å². The fourth-order valence-corrected chi connectivity index (χ4v) is 2.18. The zero-order chi connectivity index (χ0) is 13.1. The molecule has 0 aliphatic carbocycles. The van der Waals surface area contributed by atoms with Crippen LogP contribution in [-0.4, -0.2) is 41.1 Å². The van der Waals surface area contributed by atoms with E-state index in [-0.39, 0.29) is 18.1 Å². The van der Waals surface area contributed by atoms with Gasteiger partial charge in [-0.3, -0.25) is 4.79 Å². The number of nitrogen functional groups attached to an aromatic ring is 1. The molecule has 1 aliphatic heterocycles. The van der Waals surface area contributed by atoms with Gasteiger partial charge in [-0.1, -0.05) is 6.92 Å². The Morgan fingerprint density at radius 3 is 3.11 bits per heavy atom. The van der Waals surface area contributed by atoms with E-state index in [1.807, 2.05) is 11.8 Å². The molecule has 0 radical (unpaired) electrons. The van der Waals surface area contributed by atoms with Crippen LogP contribution in [0.25, 0.3) is 0 Å². The van der Waals surface area contributed by atoms with Crippen molar-refractivity contribution in [2.75, 3.05) is 18.9 Å². The molecular weight excluding hydrogens is 230 g/mol. The molecule has 2 rings (SSSR count). The Hall–Kier alpha value is -1.62. The van der Waals surface area contributed by atoms with Crippen molar-refractivity contribution in [3.05, 3.63) is 23.9 Å². The summed E-state index contributed by atoms with van der Waals surface area (Å²) < 4.78 is 5.59. The number of hydrogen-bond donors (Lipinski definition) is 1. The predicted molar refractivity (Wildman–Crippen MR) is 69.2 cm³/mol. The first-order valence-corrected chi connectivity index (χ1v) is 6.26. The molecule has 0 bridgehead atoms. The average Bonchev–Trinajstić information content (AvgIpc) is 2.38. The number of ether oxygens (including phenoxy) is 1. The molecule has 0 spiro atoms. The first kappa shape index (κ1) is 12.8. The van der Waals surface area contributed by atoms with Crippen molar-refractivity contribution in [1.29, 1.82) is 0 Å². The number of carbonyl (C=O) groups is 1. The maximum atomic E-state index is 12.5. The molecule has 5 heteroatoms. The molecule has 1 aromatic heterocycles. The first-order chi connectivity index (χ1) is 8.61. The third-order valence-corrected chi connectivity index (χ3v) is 3.23. The van der Waals surface area contributed by atoms with Gasteiger partial charge in [0, 0.05) is 18.3 Å². The lowest BCUT2D eigenvalue weighted by atomic mass is 10.1. The normalized spacial score (nSPS) is 24.0. The molecule has 1 saturated heterocycles. The van der Waals surface area contributed by atoms with Gasteiger partial charge < -0.3 is 15.4 Å². The van der Waals surface area contributed by atoms with Crippen LogP contribution in [-0.2, 0) is 4.74 Å². The molecule has 1 fully saturated rings. The lowest BCUT2D eigenvalue weighted by Gasteiger charge is -2.38. The molecule has 1 aromatic rings. The number of hydrogen-bond acceptors (Lipinski definition) is 4. The van der Waals surface area contributed by atoms with Gasteiger partial charge >= 0.3 is 0 Å². The standard InChI is InChI=1S/C13H19N3O2/c1-3-11-8-18-9(2)7-16(11)13(17)10-4-5-15-12(14)6-10/h4-6,9,11H,3,7-8H2,1-2H3,(H2,14,15). The number of pyridine rings is 1. The van der Waals surface area contributed by atoms with Crippen molar-refractivity contribution >= 4 is 11.7 Å². The molecule has 2 unspecified atom stereocenters. The van der Waals surface area contributed by atoms with Crippen molar-refractivity contribution < 1.29 is 9.53 Å². The third-order valence-electron chi connectivity index (χ3n) is 3.23. The van der Waals surface area contributed by atoms with Crippen molar-refractivity contribution in [1.82, 2.24) is 9.88 Å². The van der Waals surface area contributed by atoms with Gasteiger partial charge in [0.15, 0.2) is 0 Å². The molecule has 98 valence electrons. The van der Waals surface area contributed by atoms with Crippen molar-refractivity contribution in [3.63, 3.8) is 0 Å². The fourth-order valence-electron chi connectivity index (χ4n) is 2.18. The molecule has 2 heterocycles. The van der Waals surface area contributed by atoms with E-state index in [1.165, 1.54) is 0 Å². The fraction of sp³-hybridized carbons (Fsp3) is 0.538. The van der Waals surface area contributed by atoms with Crippen molar-refractivity contribution in [2.24, 2.45) is 0 Å². The van der Waals surface area contributed by atoms with Crippen LogP contribution in [0.3, 0.4) is 0 Å². The summed E-state index contributed by atoms with van der Waals surface area (Å²) in [5.74, 6) is 0.376. The van der Waals surface area contributed by atoms with E-state index in [0.717, 1.165) is 6.42 Å². The number of rotatable bonds is 2. The van der Waals surface area contributed by atoms with Crippen LogP contribution in [0.4, 0.5) is 5.82 Å². The Labute approximate surface area is 107 Å². The number of nitrogens with two attached hydrogens (primary N) is 1. The van der Waals surface area contributed by atoms with Gasteiger partial charge in [-0.25, -0.2) is 4.98 Å². The van der Waals surface area contributed by atoms with E-state index in [0.29, 0.717) is 24.5 Å². The SMILES string of the molecule is CCC1COC(C)CN1C(=O)c1ccnc(N)c1. The Balaban J connectivity index is 2.20. The second kappa shape index (κ2) is 5.35. The number of carbonyl (C=O) groups excluding carboxylic acids is 1. The van der Waals surface area contributed by atoms with E-state index < -0.39 is 0 Å². The van der Waals surface area contributed by atoms with Gasteiger partial charge in [-0.15, -0.1) is 0 Å². The highest BCUT2D eigenvalue weighted by molar-refractivity contribution is 5.95. The molecule has 1 amide bonds. The summed E-state index contributed by atoms with van der Waals surface area (Å²) in [5.41, 5.74) is 6.21. The highest BCUT2D eigenvalue weighted by Crippen LogP contribution is 2.18. The summed E-state index contributed by atoms with van der Waals surface area (Å²) in [6, 6.07) is 3.46. The van der Waals surface area contributed by atoms with Crippen molar-refractivity contribution in [2.45, 2.75) is 32.4 Å². The maximum Gasteiger partial charge on any atom is 0.254 e. The van der Waals surface area contributed by atoms with E-state index in [1.54, 1.807) is 18.3 Å². The van der Waals surface area contributed by atoms with Gasteiger partial charge in [-0.05, 0) is 25.5 Å². The minimum Gasteiger partial charge on any atom is -0.384 e. The Kier molecular flexibility index (Phi) is 3.81. The van der Waals surface area contributed by atoms with E-state index in [9.17, 15) is 4.79 Å². The summed E-state index contributed by atoms with van der Waals surface area (Å²) in [5, 5.41) is 0. The highest BCUT2D eigenvalue weighted by atomic mass is 16.5. The van der Waals surface area contributed by atoms with Gasteiger partial charge in [0.25, 0.3) is 5.91 Å². The zero-order valence-electron chi connectivity index (χ0n) is 10.8. The predicted octanol–water partition coefficient (Wildman–Crippen LogP) is 1.30. The summed E-state index contributed by atoms with van der Waals surface area (Å²) in [6.45, 7) is 5.27. The summed E-state index contributed by atoms with van der Waals surface area (Å²) in [7, 11) is 0. The quantitative estimate of drug-likeness (QED) is 0.858. The number of amides is 1. The minimum absolute atomic E-state index is 0.00565. The smallest absolute Gasteiger partial charge is 0.254 e. The van der Waals surface area contributed by atoms with Crippen LogP contribution in [0.1, 0.15) is 30.6 Å². The van der Waals surface area contributed by atoms with Crippen LogP contribution in [0.15, 0.2) is 18.3 Å². The Morgan fingerprint density at radius 1 is 1.67 bits per heavy atom. The third kappa shape index (κ3) is 2.61. The summed E-state index contributed by atoms with van der Waals surface area (Å²) >= 11 is 0. The monoisotopic (exact) mass is 249 g/mol. The van der Waals surface area contributed by atoms with Crippen LogP contribution >= 0.6 is 0 Å². The van der Waals surface area contributed by atoms with Crippen LogP contribution in [0.2, 0.25) is 0 Å². The molecule has 0 saturated carbocycles. The molecule has 2 N–H and O–H groups in total. The lowest BCUT2D eigenvalue weighted by Crippen LogP contribution is -2.51. The largest absolute Gasteiger partial charge is 0.384 e. The number of nitrogens with zero attached hydrogens (tertiary/aromatic N) is 2. The molecule has 0 aromatic carbocycles. The highest BCUT2D eigenvalue weighted by Gasteiger charge is 2.29. The minimum atomic E-state index is 0.00565. The molecule has 5 nitrogen and oxygen atoms in total. The Morgan fingerprint density at radius 2 is 2.44 bits per heavy atom. The molecule has 1 aliphatic rings. The van der Waals surface area contributed by atoms with Gasteiger partial charge in [0.05, 0.1) is 18.8 Å². The second-order valence-electron chi connectivity index (χ2n) is 4.63. The van der Waals surface area contributed by atoms with Crippen LogP contribution < -0.4 is 5.73 Å². The Bertz CT molecular complexity index is 436. The number of morpholine rings is 1. The topological polar surface area (TPSA) is 68.5 Å². The molecular formula is C13H19N3O2. The van der Waals surface area contributed by atoms with Gasteiger partial charge in [0.1, 0.15) is 5.82 Å². The van der Waals surface area contributed by atoms with Crippen LogP contribution in [0, 0.1) is 0 Å². The van der Waals surface area contributed by atoms with E-state index in [2.05, 4.69) is 11.9 Å². The van der Waals surface area contributed by atoms with Gasteiger partial charge in [0.2, 0.25) is 0 Å². The molecule has 2 atom stereocenters. The lowest BCUT2D eigenvalue weighted by molar-refractivity contribution is -0.0444. The number of aromatic nitrogens is 1. The second-order valence-corrected chi connectivity index (χ2v) is 4.63. The number of anilines is 1. The van der Waals surface area contributed by atoms with Crippen LogP contribution in [0.5, 0.6) is 0 Å². The van der Waals surface area contributed by atoms with Gasteiger partial charge in [-0.2, -0.15) is 0 Å². The zero-order valence-corrected chi connectivity index (χ0v) is 10.8. The molecule has 18 heavy (non-hydrogen) atoms. The van der Waals surface area contributed by atoms with Crippen molar-refractivity contribution in [3.8, 4) is 0 Å². The first-order valence-electron chi connectivity index (χ1n) is 6.26. The maximum absolute atomic E-state index is 12.5. The summed E-state index contributed by atoms with van der Waals surface area (Å²) in [6.07, 6.45) is 2.53. The summed E-state index contributed by atoms with van der Waals surface area (Å²) in [4.78, 5) is 18.2.